The minimum atomic E-state index is -0.853. The van der Waals surface area contributed by atoms with Gasteiger partial charge in [0.25, 0.3) is 5.91 Å². The second kappa shape index (κ2) is 8.50. The van der Waals surface area contributed by atoms with Gasteiger partial charge in [0.15, 0.2) is 17.4 Å². The van der Waals surface area contributed by atoms with E-state index in [4.69, 9.17) is 9.47 Å². The van der Waals surface area contributed by atoms with Crippen LogP contribution in [0.25, 0.3) is 0 Å². The third-order valence-electron chi connectivity index (χ3n) is 5.18. The predicted octanol–water partition coefficient (Wildman–Crippen LogP) is 3.58. The molecule has 0 spiro atoms. The van der Waals surface area contributed by atoms with E-state index in [9.17, 15) is 18.4 Å². The second-order valence-corrected chi connectivity index (χ2v) is 7.01. The van der Waals surface area contributed by atoms with Crippen LogP contribution in [0.5, 0.6) is 5.75 Å². The fourth-order valence-corrected chi connectivity index (χ4v) is 3.77. The molecule has 1 unspecified atom stereocenters. The van der Waals surface area contributed by atoms with Crippen LogP contribution in [0, 0.1) is 17.6 Å². The Kier molecular flexibility index (Phi) is 6.08. The van der Waals surface area contributed by atoms with Crippen molar-refractivity contribution >= 4 is 11.9 Å². The van der Waals surface area contributed by atoms with Crippen molar-refractivity contribution in [1.29, 1.82) is 0 Å². The number of benzene rings is 1. The monoisotopic (exact) mass is 379 g/mol. The maximum absolute atomic E-state index is 13.8. The summed E-state index contributed by atoms with van der Waals surface area (Å²) < 4.78 is 37.7. The molecule has 3 rings (SSSR count). The second-order valence-electron chi connectivity index (χ2n) is 7.01. The van der Waals surface area contributed by atoms with Crippen molar-refractivity contribution in [3.63, 3.8) is 0 Å². The van der Waals surface area contributed by atoms with Crippen LogP contribution in [0.15, 0.2) is 30.0 Å². The number of methoxy groups -OCH3 is 1. The van der Waals surface area contributed by atoms with Gasteiger partial charge in [0, 0.05) is 6.08 Å². The van der Waals surface area contributed by atoms with Gasteiger partial charge >= 0.3 is 5.97 Å². The Labute approximate surface area is 156 Å². The molecule has 0 aromatic heterocycles. The summed E-state index contributed by atoms with van der Waals surface area (Å²) in [5.74, 6) is -2.72. The SMILES string of the molecule is COC(=O)C(CC1CCCCC1)N1CC(Oc2c(F)cccc2F)=CC1=O. The van der Waals surface area contributed by atoms with Crippen LogP contribution in [0.3, 0.4) is 0 Å². The predicted molar refractivity (Wildman–Crippen MR) is 93.8 cm³/mol. The van der Waals surface area contributed by atoms with Crippen molar-refractivity contribution in [2.24, 2.45) is 5.92 Å². The molecule has 1 aliphatic carbocycles. The van der Waals surface area contributed by atoms with Gasteiger partial charge in [-0.05, 0) is 24.5 Å². The van der Waals surface area contributed by atoms with Gasteiger partial charge in [0.05, 0.1) is 13.7 Å². The summed E-state index contributed by atoms with van der Waals surface area (Å²) in [6.45, 7) is -0.0287. The number of hydrogen-bond acceptors (Lipinski definition) is 4. The smallest absolute Gasteiger partial charge is 0.328 e. The molecule has 2 aliphatic rings. The zero-order valence-corrected chi connectivity index (χ0v) is 15.2. The first-order chi connectivity index (χ1) is 13.0. The van der Waals surface area contributed by atoms with E-state index < -0.39 is 35.3 Å². The van der Waals surface area contributed by atoms with E-state index in [2.05, 4.69) is 0 Å². The van der Waals surface area contributed by atoms with Crippen molar-refractivity contribution in [2.75, 3.05) is 13.7 Å². The topological polar surface area (TPSA) is 55.8 Å². The minimum absolute atomic E-state index is 0.0287. The highest BCUT2D eigenvalue weighted by Gasteiger charge is 2.37. The Hall–Kier alpha value is -2.44. The molecular weight excluding hydrogens is 356 g/mol. The first-order valence-corrected chi connectivity index (χ1v) is 9.20. The number of hydrogen-bond donors (Lipinski definition) is 0. The summed E-state index contributed by atoms with van der Waals surface area (Å²) >= 11 is 0. The van der Waals surface area contributed by atoms with E-state index in [1.54, 1.807) is 0 Å². The molecule has 1 saturated carbocycles. The van der Waals surface area contributed by atoms with Crippen LogP contribution in [0.1, 0.15) is 38.5 Å². The zero-order chi connectivity index (χ0) is 19.4. The lowest BCUT2D eigenvalue weighted by Crippen LogP contribution is -2.44. The maximum atomic E-state index is 13.8. The Morgan fingerprint density at radius 3 is 2.52 bits per heavy atom. The van der Waals surface area contributed by atoms with E-state index >= 15 is 0 Å². The fraction of sp³-hybridized carbons (Fsp3) is 0.500. The third-order valence-corrected chi connectivity index (χ3v) is 5.18. The molecule has 1 aliphatic heterocycles. The van der Waals surface area contributed by atoms with Gasteiger partial charge in [0.1, 0.15) is 11.8 Å². The Morgan fingerprint density at radius 1 is 1.22 bits per heavy atom. The van der Waals surface area contributed by atoms with Gasteiger partial charge in [-0.1, -0.05) is 38.2 Å². The van der Waals surface area contributed by atoms with Gasteiger partial charge in [-0.15, -0.1) is 0 Å². The number of rotatable bonds is 6. The van der Waals surface area contributed by atoms with Gasteiger partial charge in [0.2, 0.25) is 0 Å². The van der Waals surface area contributed by atoms with Gasteiger partial charge < -0.3 is 14.4 Å². The summed E-state index contributed by atoms with van der Waals surface area (Å²) in [7, 11) is 1.29. The quantitative estimate of drug-likeness (QED) is 0.709. The van der Waals surface area contributed by atoms with E-state index in [1.165, 1.54) is 30.6 Å². The van der Waals surface area contributed by atoms with Gasteiger partial charge in [-0.3, -0.25) is 4.79 Å². The van der Waals surface area contributed by atoms with Gasteiger partial charge in [-0.2, -0.15) is 0 Å². The summed E-state index contributed by atoms with van der Waals surface area (Å²) in [5, 5.41) is 0. The summed E-state index contributed by atoms with van der Waals surface area (Å²) in [5.41, 5.74) is 0. The zero-order valence-electron chi connectivity index (χ0n) is 15.2. The molecule has 146 valence electrons. The first kappa shape index (κ1) is 19.3. The number of ether oxygens (including phenoxy) is 2. The van der Waals surface area contributed by atoms with Gasteiger partial charge in [-0.25, -0.2) is 13.6 Å². The van der Waals surface area contributed by atoms with Crippen LogP contribution in [-0.2, 0) is 14.3 Å². The molecule has 1 fully saturated rings. The molecule has 0 radical (unpaired) electrons. The Morgan fingerprint density at radius 2 is 1.89 bits per heavy atom. The molecule has 7 heteroatoms. The highest BCUT2D eigenvalue weighted by molar-refractivity contribution is 5.94. The molecule has 1 heterocycles. The number of para-hydroxylation sites is 1. The van der Waals surface area contributed by atoms with Crippen LogP contribution in [0.4, 0.5) is 8.78 Å². The van der Waals surface area contributed by atoms with Crippen LogP contribution >= 0.6 is 0 Å². The maximum Gasteiger partial charge on any atom is 0.328 e. The molecule has 1 aromatic carbocycles. The van der Waals surface area contributed by atoms with E-state index in [1.807, 2.05) is 0 Å². The number of carbonyl (C=O) groups is 2. The van der Waals surface area contributed by atoms with E-state index in [-0.39, 0.29) is 12.3 Å². The molecule has 1 atom stereocenters. The highest BCUT2D eigenvalue weighted by atomic mass is 19.1. The molecule has 27 heavy (non-hydrogen) atoms. The molecule has 0 saturated heterocycles. The Bertz CT molecular complexity index is 723. The normalized spacial score (nSPS) is 19.0. The fourth-order valence-electron chi connectivity index (χ4n) is 3.77. The van der Waals surface area contributed by atoms with Crippen molar-refractivity contribution < 1.29 is 27.8 Å². The third kappa shape index (κ3) is 4.46. The number of esters is 1. The average molecular weight is 379 g/mol. The number of carbonyl (C=O) groups excluding carboxylic acids is 2. The lowest BCUT2D eigenvalue weighted by atomic mass is 9.84. The summed E-state index contributed by atoms with van der Waals surface area (Å²) in [6.07, 6.45) is 7.16. The first-order valence-electron chi connectivity index (χ1n) is 9.20. The number of nitrogens with zero attached hydrogens (tertiary/aromatic N) is 1. The lowest BCUT2D eigenvalue weighted by molar-refractivity contribution is -0.151. The molecule has 0 bridgehead atoms. The number of halogens is 2. The summed E-state index contributed by atoms with van der Waals surface area (Å²) in [4.78, 5) is 26.1. The van der Waals surface area contributed by atoms with E-state index in [0.29, 0.717) is 12.3 Å². The van der Waals surface area contributed by atoms with Crippen molar-refractivity contribution in [1.82, 2.24) is 4.90 Å². The Balaban J connectivity index is 1.72. The van der Waals surface area contributed by atoms with Crippen LogP contribution in [-0.4, -0.2) is 36.5 Å². The molecule has 5 nitrogen and oxygen atoms in total. The largest absolute Gasteiger partial charge is 0.467 e. The van der Waals surface area contributed by atoms with Crippen molar-refractivity contribution in [3.05, 3.63) is 41.7 Å². The van der Waals surface area contributed by atoms with E-state index in [0.717, 1.165) is 37.8 Å². The lowest BCUT2D eigenvalue weighted by Gasteiger charge is -2.30. The summed E-state index contributed by atoms with van der Waals surface area (Å²) in [6, 6.07) is 2.66. The molecule has 1 aromatic rings. The van der Waals surface area contributed by atoms with Crippen molar-refractivity contribution in [2.45, 2.75) is 44.6 Å². The van der Waals surface area contributed by atoms with Crippen molar-refractivity contribution in [3.8, 4) is 5.75 Å². The molecular formula is C20H23F2NO4. The highest BCUT2D eigenvalue weighted by Crippen LogP contribution is 2.31. The standard InChI is InChI=1S/C20H23F2NO4/c1-26-20(25)17(10-13-6-3-2-4-7-13)23-12-14(11-18(23)24)27-19-15(21)8-5-9-16(19)22/h5,8-9,11,13,17H,2-4,6-7,10,12H2,1H3. The minimum Gasteiger partial charge on any atom is -0.467 e. The number of amides is 1. The average Bonchev–Trinajstić information content (AvgIpc) is 3.03. The van der Waals surface area contributed by atoms with Crippen LogP contribution in [0.2, 0.25) is 0 Å². The molecule has 1 amide bonds. The molecule has 0 N–H and O–H groups in total. The van der Waals surface area contributed by atoms with Crippen LogP contribution < -0.4 is 4.74 Å².